The first-order chi connectivity index (χ1) is 11.4. The second kappa shape index (κ2) is 6.36. The number of carbonyl (C=O) groups excluding carboxylic acids is 1. The van der Waals surface area contributed by atoms with Crippen LogP contribution in [0.4, 0.5) is 0 Å². The first-order valence-corrected chi connectivity index (χ1v) is 9.00. The van der Waals surface area contributed by atoms with Gasteiger partial charge in [-0.1, -0.05) is 29.5 Å². The fourth-order valence-electron chi connectivity index (χ4n) is 2.88. The molecule has 1 amide bonds. The predicted octanol–water partition coefficient (Wildman–Crippen LogP) is 4.70. The van der Waals surface area contributed by atoms with Crippen molar-refractivity contribution in [3.8, 4) is 0 Å². The fourth-order valence-corrected chi connectivity index (χ4v) is 4.12. The minimum atomic E-state index is -0.179. The highest BCUT2D eigenvalue weighted by molar-refractivity contribution is 7.16. The lowest BCUT2D eigenvalue weighted by Gasteiger charge is -2.05. The third-order valence-electron chi connectivity index (χ3n) is 4.49. The van der Waals surface area contributed by atoms with E-state index >= 15 is 0 Å². The van der Waals surface area contributed by atoms with Gasteiger partial charge in [-0.05, 0) is 69.0 Å². The standard InChI is InChI=1S/C20H22N2OS/c1-6-22-17-13(3)7-8-14(4)18(17)24-20(22)21-19(23)16-10-9-12(2)15(5)11-16/h7-11H,6H2,1-5H3. The van der Waals surface area contributed by atoms with Crippen molar-refractivity contribution in [3.63, 3.8) is 0 Å². The topological polar surface area (TPSA) is 34.4 Å². The summed E-state index contributed by atoms with van der Waals surface area (Å²) < 4.78 is 3.35. The van der Waals surface area contributed by atoms with Crippen LogP contribution >= 0.6 is 11.3 Å². The molecule has 124 valence electrons. The fraction of sp³-hybridized carbons (Fsp3) is 0.300. The molecule has 0 aliphatic carbocycles. The Bertz CT molecular complexity index is 1010. The second-order valence-electron chi connectivity index (χ2n) is 6.22. The molecular formula is C20H22N2OS. The van der Waals surface area contributed by atoms with E-state index in [4.69, 9.17) is 0 Å². The molecule has 0 unspecified atom stereocenters. The largest absolute Gasteiger partial charge is 0.316 e. The van der Waals surface area contributed by atoms with Crippen LogP contribution in [0.25, 0.3) is 10.2 Å². The third kappa shape index (κ3) is 2.82. The Kier molecular flexibility index (Phi) is 4.41. The molecule has 0 atom stereocenters. The van der Waals surface area contributed by atoms with Gasteiger partial charge < -0.3 is 4.57 Å². The van der Waals surface area contributed by atoms with Crippen LogP contribution in [-0.4, -0.2) is 10.5 Å². The van der Waals surface area contributed by atoms with Crippen molar-refractivity contribution < 1.29 is 4.79 Å². The number of carbonyl (C=O) groups is 1. The maximum Gasteiger partial charge on any atom is 0.279 e. The minimum Gasteiger partial charge on any atom is -0.316 e. The highest BCUT2D eigenvalue weighted by Crippen LogP contribution is 2.25. The zero-order valence-electron chi connectivity index (χ0n) is 14.8. The summed E-state index contributed by atoms with van der Waals surface area (Å²) in [5.41, 5.74) is 6.57. The molecule has 0 bridgehead atoms. The zero-order valence-corrected chi connectivity index (χ0v) is 15.6. The van der Waals surface area contributed by atoms with Crippen molar-refractivity contribution >= 4 is 27.5 Å². The number of hydrogen-bond donors (Lipinski definition) is 0. The molecule has 4 heteroatoms. The van der Waals surface area contributed by atoms with Crippen LogP contribution < -0.4 is 4.80 Å². The number of rotatable bonds is 2. The van der Waals surface area contributed by atoms with Gasteiger partial charge in [0.2, 0.25) is 0 Å². The molecule has 0 N–H and O–H groups in total. The van der Waals surface area contributed by atoms with E-state index in [2.05, 4.69) is 42.5 Å². The van der Waals surface area contributed by atoms with Crippen molar-refractivity contribution in [1.82, 2.24) is 4.57 Å². The van der Waals surface area contributed by atoms with Crippen molar-refractivity contribution in [2.75, 3.05) is 0 Å². The molecule has 0 radical (unpaired) electrons. The van der Waals surface area contributed by atoms with Gasteiger partial charge in [-0.3, -0.25) is 4.79 Å². The molecule has 0 saturated heterocycles. The van der Waals surface area contributed by atoms with E-state index in [-0.39, 0.29) is 5.91 Å². The number of nitrogens with zero attached hydrogens (tertiary/aromatic N) is 2. The summed E-state index contributed by atoms with van der Waals surface area (Å²) in [4.78, 5) is 17.8. The van der Waals surface area contributed by atoms with Crippen molar-refractivity contribution in [2.24, 2.45) is 4.99 Å². The SMILES string of the molecule is CCn1c(=NC(=O)c2ccc(C)c(C)c2)sc2c(C)ccc(C)c21. The smallest absolute Gasteiger partial charge is 0.279 e. The van der Waals surface area contributed by atoms with E-state index in [1.807, 2.05) is 32.0 Å². The van der Waals surface area contributed by atoms with Gasteiger partial charge >= 0.3 is 0 Å². The van der Waals surface area contributed by atoms with E-state index in [1.54, 1.807) is 11.3 Å². The average Bonchev–Trinajstić information content (AvgIpc) is 2.93. The lowest BCUT2D eigenvalue weighted by molar-refractivity contribution is 0.0998. The molecule has 3 nitrogen and oxygen atoms in total. The van der Waals surface area contributed by atoms with Crippen LogP contribution in [0.5, 0.6) is 0 Å². The molecule has 0 spiro atoms. The number of amides is 1. The number of aryl methyl sites for hydroxylation is 5. The Hall–Kier alpha value is -2.20. The number of aromatic nitrogens is 1. The average molecular weight is 338 g/mol. The molecule has 0 aliphatic rings. The molecular weight excluding hydrogens is 316 g/mol. The molecule has 3 aromatic rings. The van der Waals surface area contributed by atoms with Crippen LogP contribution in [0.15, 0.2) is 35.3 Å². The van der Waals surface area contributed by atoms with E-state index in [9.17, 15) is 4.79 Å². The summed E-state index contributed by atoms with van der Waals surface area (Å²) in [5.74, 6) is -0.179. The monoisotopic (exact) mass is 338 g/mol. The Morgan fingerprint density at radius 3 is 2.33 bits per heavy atom. The third-order valence-corrected chi connectivity index (χ3v) is 5.71. The van der Waals surface area contributed by atoms with Crippen molar-refractivity contribution in [2.45, 2.75) is 41.2 Å². The second-order valence-corrected chi connectivity index (χ2v) is 7.20. The Morgan fingerprint density at radius 2 is 1.67 bits per heavy atom. The highest BCUT2D eigenvalue weighted by atomic mass is 32.1. The first-order valence-electron chi connectivity index (χ1n) is 8.18. The van der Waals surface area contributed by atoms with Crippen LogP contribution in [0.3, 0.4) is 0 Å². The summed E-state index contributed by atoms with van der Waals surface area (Å²) in [6, 6.07) is 10.0. The minimum absolute atomic E-state index is 0.179. The number of hydrogen-bond acceptors (Lipinski definition) is 2. The van der Waals surface area contributed by atoms with E-state index in [0.29, 0.717) is 5.56 Å². The predicted molar refractivity (Wildman–Crippen MR) is 101 cm³/mol. The summed E-state index contributed by atoms with van der Waals surface area (Å²) in [6.45, 7) is 11.2. The van der Waals surface area contributed by atoms with Gasteiger partial charge in [-0.15, -0.1) is 0 Å². The first kappa shape index (κ1) is 16.7. The maximum absolute atomic E-state index is 12.6. The highest BCUT2D eigenvalue weighted by Gasteiger charge is 2.12. The summed E-state index contributed by atoms with van der Waals surface area (Å²) in [5, 5.41) is 0. The van der Waals surface area contributed by atoms with E-state index in [1.165, 1.54) is 26.9 Å². The van der Waals surface area contributed by atoms with E-state index < -0.39 is 0 Å². The van der Waals surface area contributed by atoms with Gasteiger partial charge in [0.05, 0.1) is 10.2 Å². The molecule has 0 aliphatic heterocycles. The van der Waals surface area contributed by atoms with Crippen LogP contribution in [-0.2, 0) is 6.54 Å². The lowest BCUT2D eigenvalue weighted by Crippen LogP contribution is -2.16. The van der Waals surface area contributed by atoms with Crippen LogP contribution in [0, 0.1) is 27.7 Å². The zero-order chi connectivity index (χ0) is 17.4. The van der Waals surface area contributed by atoms with Gasteiger partial charge in [-0.25, -0.2) is 0 Å². The lowest BCUT2D eigenvalue weighted by atomic mass is 10.1. The molecule has 1 aromatic heterocycles. The van der Waals surface area contributed by atoms with Crippen molar-refractivity contribution in [3.05, 3.63) is 63.0 Å². The van der Waals surface area contributed by atoms with Crippen molar-refractivity contribution in [1.29, 1.82) is 0 Å². The molecule has 0 saturated carbocycles. The number of fused-ring (bicyclic) bond motifs is 1. The molecule has 2 aromatic carbocycles. The number of benzene rings is 2. The van der Waals surface area contributed by atoms with Gasteiger partial charge in [0.1, 0.15) is 0 Å². The summed E-state index contributed by atoms with van der Waals surface area (Å²) in [7, 11) is 0. The Morgan fingerprint density at radius 1 is 1.00 bits per heavy atom. The van der Waals surface area contributed by atoms with Gasteiger partial charge in [0, 0.05) is 12.1 Å². The molecule has 0 fully saturated rings. The summed E-state index contributed by atoms with van der Waals surface area (Å²) in [6.07, 6.45) is 0. The molecule has 1 heterocycles. The van der Waals surface area contributed by atoms with Gasteiger partial charge in [-0.2, -0.15) is 4.99 Å². The van der Waals surface area contributed by atoms with Gasteiger partial charge in [0.15, 0.2) is 4.80 Å². The molecule has 3 rings (SSSR count). The van der Waals surface area contributed by atoms with Crippen LogP contribution in [0.1, 0.15) is 39.5 Å². The normalized spacial score (nSPS) is 12.1. The van der Waals surface area contributed by atoms with E-state index in [0.717, 1.165) is 16.9 Å². The Balaban J connectivity index is 2.19. The van der Waals surface area contributed by atoms with Crippen LogP contribution in [0.2, 0.25) is 0 Å². The number of thiazole rings is 1. The Labute approximate surface area is 146 Å². The summed E-state index contributed by atoms with van der Waals surface area (Å²) >= 11 is 1.60. The molecule has 24 heavy (non-hydrogen) atoms. The maximum atomic E-state index is 12.6. The quantitative estimate of drug-likeness (QED) is 0.667. The van der Waals surface area contributed by atoms with Gasteiger partial charge in [0.25, 0.3) is 5.91 Å².